The van der Waals surface area contributed by atoms with Crippen molar-refractivity contribution in [1.82, 2.24) is 15.1 Å². The first-order chi connectivity index (χ1) is 14.7. The third-order valence-corrected chi connectivity index (χ3v) is 4.98. The molecule has 0 radical (unpaired) electrons. The highest BCUT2D eigenvalue weighted by atomic mass is 16.5. The summed E-state index contributed by atoms with van der Waals surface area (Å²) >= 11 is 0. The van der Waals surface area contributed by atoms with Crippen LogP contribution in [0.1, 0.15) is 17.3 Å². The molecule has 1 fully saturated rings. The highest BCUT2D eigenvalue weighted by molar-refractivity contribution is 5.94. The van der Waals surface area contributed by atoms with E-state index in [1.54, 1.807) is 0 Å². The molecule has 0 saturated carbocycles. The van der Waals surface area contributed by atoms with Gasteiger partial charge in [-0.2, -0.15) is 0 Å². The van der Waals surface area contributed by atoms with Crippen LogP contribution in [-0.4, -0.2) is 53.7 Å². The van der Waals surface area contributed by atoms with E-state index in [1.807, 2.05) is 78.6 Å². The number of carbonyl (C=O) groups excluding carboxylic acids is 1. The summed E-state index contributed by atoms with van der Waals surface area (Å²) in [5.41, 5.74) is 0.665. The summed E-state index contributed by atoms with van der Waals surface area (Å²) in [5.74, 6) is 3.13. The van der Waals surface area contributed by atoms with Crippen LogP contribution in [0.2, 0.25) is 0 Å². The second-order valence-electron chi connectivity index (χ2n) is 7.03. The Bertz CT molecular complexity index is 953. The van der Waals surface area contributed by atoms with Crippen LogP contribution in [-0.2, 0) is 0 Å². The Morgan fingerprint density at radius 1 is 0.900 bits per heavy atom. The Balaban J connectivity index is 1.32. The van der Waals surface area contributed by atoms with Crippen molar-refractivity contribution in [3.63, 3.8) is 0 Å². The van der Waals surface area contributed by atoms with E-state index < -0.39 is 0 Å². The number of nitrogens with zero attached hydrogens (tertiary/aromatic N) is 4. The van der Waals surface area contributed by atoms with Gasteiger partial charge in [-0.15, -0.1) is 10.2 Å². The van der Waals surface area contributed by atoms with Crippen molar-refractivity contribution in [1.29, 1.82) is 0 Å². The third kappa shape index (κ3) is 4.68. The van der Waals surface area contributed by atoms with Gasteiger partial charge in [-0.3, -0.25) is 4.79 Å². The van der Waals surface area contributed by atoms with Gasteiger partial charge >= 0.3 is 0 Å². The van der Waals surface area contributed by atoms with E-state index in [9.17, 15) is 4.79 Å². The van der Waals surface area contributed by atoms with Crippen molar-refractivity contribution in [2.24, 2.45) is 0 Å². The highest BCUT2D eigenvalue weighted by Crippen LogP contribution is 2.22. The number of piperazine rings is 1. The van der Waals surface area contributed by atoms with E-state index in [0.717, 1.165) is 37.0 Å². The number of aromatic nitrogens is 2. The first-order valence-electron chi connectivity index (χ1n) is 10.2. The summed E-state index contributed by atoms with van der Waals surface area (Å²) in [6.07, 6.45) is 0. The molecule has 1 aromatic heterocycles. The third-order valence-electron chi connectivity index (χ3n) is 4.98. The SMILES string of the molecule is CCNc1ccc(N2CCN(C(=O)c3ccc(Oc4ccccc4)cc3)CC2)nn1. The number of para-hydroxylation sites is 1. The number of carbonyl (C=O) groups is 1. The molecule has 4 rings (SSSR count). The van der Waals surface area contributed by atoms with E-state index in [4.69, 9.17) is 4.74 Å². The minimum atomic E-state index is 0.0366. The van der Waals surface area contributed by atoms with Gasteiger partial charge in [0.1, 0.15) is 17.3 Å². The van der Waals surface area contributed by atoms with Gasteiger partial charge in [-0.05, 0) is 55.5 Å². The molecule has 30 heavy (non-hydrogen) atoms. The predicted molar refractivity (Wildman–Crippen MR) is 117 cm³/mol. The summed E-state index contributed by atoms with van der Waals surface area (Å²) in [7, 11) is 0. The summed E-state index contributed by atoms with van der Waals surface area (Å²) in [4.78, 5) is 16.9. The maximum atomic E-state index is 12.9. The van der Waals surface area contributed by atoms with E-state index >= 15 is 0 Å². The van der Waals surface area contributed by atoms with E-state index in [2.05, 4.69) is 20.4 Å². The molecule has 0 bridgehead atoms. The van der Waals surface area contributed by atoms with Crippen LogP contribution in [0.3, 0.4) is 0 Å². The summed E-state index contributed by atoms with van der Waals surface area (Å²) in [6.45, 7) is 5.60. The zero-order valence-corrected chi connectivity index (χ0v) is 17.0. The smallest absolute Gasteiger partial charge is 0.253 e. The van der Waals surface area contributed by atoms with Gasteiger partial charge in [0.05, 0.1) is 0 Å². The van der Waals surface area contributed by atoms with Gasteiger partial charge in [-0.1, -0.05) is 18.2 Å². The lowest BCUT2D eigenvalue weighted by Crippen LogP contribution is -2.49. The number of anilines is 2. The van der Waals surface area contributed by atoms with Crippen LogP contribution in [0.5, 0.6) is 11.5 Å². The number of hydrogen-bond acceptors (Lipinski definition) is 6. The summed E-state index contributed by atoms with van der Waals surface area (Å²) in [6, 6.07) is 20.8. The van der Waals surface area contributed by atoms with Crippen LogP contribution < -0.4 is 15.0 Å². The fraction of sp³-hybridized carbons (Fsp3) is 0.261. The quantitative estimate of drug-likeness (QED) is 0.677. The molecule has 2 heterocycles. The van der Waals surface area contributed by atoms with E-state index in [0.29, 0.717) is 24.4 Å². The van der Waals surface area contributed by atoms with Gasteiger partial charge in [0, 0.05) is 38.3 Å². The van der Waals surface area contributed by atoms with Gasteiger partial charge in [0.15, 0.2) is 5.82 Å². The molecule has 0 unspecified atom stereocenters. The molecule has 1 N–H and O–H groups in total. The van der Waals surface area contributed by atoms with Crippen molar-refractivity contribution in [3.05, 3.63) is 72.3 Å². The second kappa shape index (κ2) is 9.26. The van der Waals surface area contributed by atoms with Crippen molar-refractivity contribution in [3.8, 4) is 11.5 Å². The van der Waals surface area contributed by atoms with Crippen LogP contribution in [0, 0.1) is 0 Å². The van der Waals surface area contributed by atoms with Crippen LogP contribution in [0.4, 0.5) is 11.6 Å². The minimum Gasteiger partial charge on any atom is -0.457 e. The standard InChI is InChI=1S/C23H25N5O2/c1-2-24-21-12-13-22(26-25-21)27-14-16-28(17-15-27)23(29)18-8-10-20(11-9-18)30-19-6-4-3-5-7-19/h3-13H,2,14-17H2,1H3,(H,24,25). The molecule has 1 aliphatic heterocycles. The molecule has 1 aliphatic rings. The monoisotopic (exact) mass is 403 g/mol. The molecule has 1 amide bonds. The Morgan fingerprint density at radius 3 is 2.23 bits per heavy atom. The van der Waals surface area contributed by atoms with Crippen LogP contribution in [0.15, 0.2) is 66.7 Å². The molecule has 0 atom stereocenters. The van der Waals surface area contributed by atoms with Gasteiger partial charge in [-0.25, -0.2) is 0 Å². The maximum absolute atomic E-state index is 12.9. The zero-order valence-electron chi connectivity index (χ0n) is 17.0. The van der Waals surface area contributed by atoms with Gasteiger partial charge in [0.25, 0.3) is 5.91 Å². The van der Waals surface area contributed by atoms with Crippen molar-refractivity contribution >= 4 is 17.5 Å². The van der Waals surface area contributed by atoms with Crippen molar-refractivity contribution in [2.45, 2.75) is 6.92 Å². The number of hydrogen-bond donors (Lipinski definition) is 1. The lowest BCUT2D eigenvalue weighted by molar-refractivity contribution is 0.0746. The van der Waals surface area contributed by atoms with Crippen LogP contribution in [0.25, 0.3) is 0 Å². The zero-order chi connectivity index (χ0) is 20.8. The number of ether oxygens (including phenoxy) is 1. The fourth-order valence-corrected chi connectivity index (χ4v) is 3.38. The molecular weight excluding hydrogens is 378 g/mol. The molecule has 0 spiro atoms. The first-order valence-corrected chi connectivity index (χ1v) is 10.2. The molecule has 0 aliphatic carbocycles. The minimum absolute atomic E-state index is 0.0366. The second-order valence-corrected chi connectivity index (χ2v) is 7.03. The van der Waals surface area contributed by atoms with E-state index in [1.165, 1.54) is 0 Å². The number of nitrogens with one attached hydrogen (secondary N) is 1. The molecule has 154 valence electrons. The lowest BCUT2D eigenvalue weighted by Gasteiger charge is -2.35. The Hall–Kier alpha value is -3.61. The summed E-state index contributed by atoms with van der Waals surface area (Å²) < 4.78 is 5.80. The van der Waals surface area contributed by atoms with Crippen molar-refractivity contribution < 1.29 is 9.53 Å². The lowest BCUT2D eigenvalue weighted by atomic mass is 10.1. The molecule has 7 nitrogen and oxygen atoms in total. The molecular formula is C23H25N5O2. The van der Waals surface area contributed by atoms with Gasteiger partial charge in [0.2, 0.25) is 0 Å². The van der Waals surface area contributed by atoms with Gasteiger partial charge < -0.3 is 19.9 Å². The Kier molecular flexibility index (Phi) is 6.08. The maximum Gasteiger partial charge on any atom is 0.253 e. The normalized spacial score (nSPS) is 13.8. The molecule has 3 aromatic rings. The number of benzene rings is 2. The average molecular weight is 403 g/mol. The topological polar surface area (TPSA) is 70.6 Å². The van der Waals surface area contributed by atoms with E-state index in [-0.39, 0.29) is 5.91 Å². The Morgan fingerprint density at radius 2 is 1.60 bits per heavy atom. The predicted octanol–water partition coefficient (Wildman–Crippen LogP) is 3.66. The van der Waals surface area contributed by atoms with Crippen LogP contribution >= 0.6 is 0 Å². The largest absolute Gasteiger partial charge is 0.457 e. The Labute approximate surface area is 176 Å². The highest BCUT2D eigenvalue weighted by Gasteiger charge is 2.23. The fourth-order valence-electron chi connectivity index (χ4n) is 3.38. The molecule has 7 heteroatoms. The van der Waals surface area contributed by atoms with Crippen molar-refractivity contribution in [2.75, 3.05) is 42.9 Å². The number of rotatable bonds is 6. The molecule has 1 saturated heterocycles. The summed E-state index contributed by atoms with van der Waals surface area (Å²) in [5, 5.41) is 11.6. The number of amides is 1. The average Bonchev–Trinajstić information content (AvgIpc) is 2.81. The molecule has 2 aromatic carbocycles. The first kappa shape index (κ1) is 19.7.